The number of hydrogen-bond acceptors (Lipinski definition) is 4. The Morgan fingerprint density at radius 2 is 2.08 bits per heavy atom. The zero-order valence-corrected chi connectivity index (χ0v) is 8.75. The summed E-state index contributed by atoms with van der Waals surface area (Å²) in [6.07, 6.45) is -0.388. The predicted octanol–water partition coefficient (Wildman–Crippen LogP) is 0.00830. The molecule has 0 aliphatic heterocycles. The van der Waals surface area contributed by atoms with Gasteiger partial charge in [-0.3, -0.25) is 0 Å². The van der Waals surface area contributed by atoms with E-state index < -0.39 is 6.10 Å². The quantitative estimate of drug-likeness (QED) is 0.567. The van der Waals surface area contributed by atoms with E-state index in [0.717, 1.165) is 6.54 Å². The summed E-state index contributed by atoms with van der Waals surface area (Å²) in [6, 6.07) is 0. The predicted molar refractivity (Wildman–Crippen MR) is 51.8 cm³/mol. The Labute approximate surface area is 80.2 Å². The zero-order valence-electron chi connectivity index (χ0n) is 8.75. The van der Waals surface area contributed by atoms with E-state index in [1.807, 2.05) is 13.8 Å². The van der Waals surface area contributed by atoms with Crippen LogP contribution >= 0.6 is 0 Å². The molecule has 0 aromatic heterocycles. The number of methoxy groups -OCH3 is 1. The van der Waals surface area contributed by atoms with Crippen LogP contribution in [0.25, 0.3) is 0 Å². The van der Waals surface area contributed by atoms with Gasteiger partial charge in [0.1, 0.15) is 0 Å². The Kier molecular flexibility index (Phi) is 8.33. The molecule has 0 radical (unpaired) electrons. The van der Waals surface area contributed by atoms with Gasteiger partial charge in [-0.05, 0) is 13.5 Å². The van der Waals surface area contributed by atoms with Crippen LogP contribution in [-0.2, 0) is 9.47 Å². The Morgan fingerprint density at radius 3 is 2.62 bits per heavy atom. The Balaban J connectivity index is 3.29. The van der Waals surface area contributed by atoms with E-state index in [-0.39, 0.29) is 6.10 Å². The minimum Gasteiger partial charge on any atom is -0.389 e. The molecule has 4 nitrogen and oxygen atoms in total. The third-order valence-corrected chi connectivity index (χ3v) is 1.60. The Bertz CT molecular complexity index is 111. The number of nitrogens with one attached hydrogen (secondary N) is 1. The number of likely N-dealkylation sites (N-methyl/N-ethyl adjacent to an activating group) is 1. The molecule has 2 N–H and O–H groups in total. The second kappa shape index (κ2) is 8.44. The lowest BCUT2D eigenvalue weighted by Gasteiger charge is -2.15. The van der Waals surface area contributed by atoms with Gasteiger partial charge in [-0.2, -0.15) is 0 Å². The van der Waals surface area contributed by atoms with Gasteiger partial charge < -0.3 is 19.9 Å². The van der Waals surface area contributed by atoms with Crippen molar-refractivity contribution in [2.24, 2.45) is 0 Å². The van der Waals surface area contributed by atoms with Gasteiger partial charge in [0.05, 0.1) is 25.4 Å². The molecule has 0 aliphatic carbocycles. The van der Waals surface area contributed by atoms with Crippen LogP contribution < -0.4 is 5.32 Å². The summed E-state index contributed by atoms with van der Waals surface area (Å²) in [5, 5.41) is 12.4. The van der Waals surface area contributed by atoms with Crippen molar-refractivity contribution in [2.45, 2.75) is 26.1 Å². The van der Waals surface area contributed by atoms with Crippen molar-refractivity contribution in [1.82, 2.24) is 5.32 Å². The summed E-state index contributed by atoms with van der Waals surface area (Å²) in [6.45, 7) is 6.29. The standard InChI is InChI=1S/C9H21NO3/c1-4-10-5-9(11)7-13-8(2)6-12-3/h8-11H,4-7H2,1-3H3. The van der Waals surface area contributed by atoms with Crippen molar-refractivity contribution < 1.29 is 14.6 Å². The van der Waals surface area contributed by atoms with Gasteiger partial charge in [-0.1, -0.05) is 6.92 Å². The monoisotopic (exact) mass is 191 g/mol. The molecule has 0 aromatic rings. The van der Waals surface area contributed by atoms with E-state index >= 15 is 0 Å². The minimum absolute atomic E-state index is 0.0428. The highest BCUT2D eigenvalue weighted by molar-refractivity contribution is 4.58. The second-order valence-corrected chi connectivity index (χ2v) is 3.06. The number of hydrogen-bond donors (Lipinski definition) is 2. The molecule has 80 valence electrons. The molecule has 2 unspecified atom stereocenters. The molecule has 2 atom stereocenters. The van der Waals surface area contributed by atoms with Crippen LogP contribution in [0.15, 0.2) is 0 Å². The van der Waals surface area contributed by atoms with Crippen LogP contribution in [0.2, 0.25) is 0 Å². The molecular weight excluding hydrogens is 170 g/mol. The maximum absolute atomic E-state index is 9.37. The molecule has 0 heterocycles. The third kappa shape index (κ3) is 8.18. The lowest BCUT2D eigenvalue weighted by Crippen LogP contribution is -2.32. The van der Waals surface area contributed by atoms with Gasteiger partial charge in [0.2, 0.25) is 0 Å². The first-order valence-electron chi connectivity index (χ1n) is 4.70. The lowest BCUT2D eigenvalue weighted by molar-refractivity contribution is -0.0309. The molecule has 0 amide bonds. The first-order chi connectivity index (χ1) is 6.20. The van der Waals surface area contributed by atoms with Gasteiger partial charge in [0, 0.05) is 13.7 Å². The van der Waals surface area contributed by atoms with E-state index in [0.29, 0.717) is 19.8 Å². The van der Waals surface area contributed by atoms with E-state index in [4.69, 9.17) is 9.47 Å². The zero-order chi connectivity index (χ0) is 10.1. The summed E-state index contributed by atoms with van der Waals surface area (Å²) in [7, 11) is 1.63. The van der Waals surface area contributed by atoms with E-state index in [1.165, 1.54) is 0 Å². The molecule has 0 saturated heterocycles. The van der Waals surface area contributed by atoms with Crippen molar-refractivity contribution in [2.75, 3.05) is 33.4 Å². The Morgan fingerprint density at radius 1 is 1.38 bits per heavy atom. The van der Waals surface area contributed by atoms with Crippen LogP contribution in [0.4, 0.5) is 0 Å². The summed E-state index contributed by atoms with van der Waals surface area (Å²) in [5.74, 6) is 0. The number of ether oxygens (including phenoxy) is 2. The number of aliphatic hydroxyl groups is 1. The molecule has 0 spiro atoms. The molecule has 0 bridgehead atoms. The summed E-state index contributed by atoms with van der Waals surface area (Å²) < 4.78 is 10.2. The molecule has 0 rings (SSSR count). The second-order valence-electron chi connectivity index (χ2n) is 3.06. The maximum Gasteiger partial charge on any atom is 0.0897 e. The average molecular weight is 191 g/mol. The van der Waals surface area contributed by atoms with Crippen molar-refractivity contribution in [3.63, 3.8) is 0 Å². The molecule has 0 aromatic carbocycles. The highest BCUT2D eigenvalue weighted by Gasteiger charge is 2.06. The van der Waals surface area contributed by atoms with Crippen molar-refractivity contribution >= 4 is 0 Å². The van der Waals surface area contributed by atoms with Crippen LogP contribution in [0.1, 0.15) is 13.8 Å². The lowest BCUT2D eigenvalue weighted by atomic mass is 10.3. The molecule has 13 heavy (non-hydrogen) atoms. The van der Waals surface area contributed by atoms with Crippen molar-refractivity contribution in [3.05, 3.63) is 0 Å². The summed E-state index contributed by atoms with van der Waals surface area (Å²) in [4.78, 5) is 0. The van der Waals surface area contributed by atoms with Gasteiger partial charge in [0.25, 0.3) is 0 Å². The topological polar surface area (TPSA) is 50.7 Å². The average Bonchev–Trinajstić information content (AvgIpc) is 2.12. The molecule has 0 fully saturated rings. The van der Waals surface area contributed by atoms with Crippen molar-refractivity contribution in [3.8, 4) is 0 Å². The third-order valence-electron chi connectivity index (χ3n) is 1.60. The maximum atomic E-state index is 9.37. The summed E-state index contributed by atoms with van der Waals surface area (Å²) >= 11 is 0. The fourth-order valence-electron chi connectivity index (χ4n) is 0.928. The Hall–Kier alpha value is -0.160. The van der Waals surface area contributed by atoms with Gasteiger partial charge in [0.15, 0.2) is 0 Å². The van der Waals surface area contributed by atoms with Crippen LogP contribution in [-0.4, -0.2) is 50.7 Å². The van der Waals surface area contributed by atoms with E-state index in [2.05, 4.69) is 5.32 Å². The highest BCUT2D eigenvalue weighted by Crippen LogP contribution is 1.93. The number of aliphatic hydroxyl groups excluding tert-OH is 1. The number of rotatable bonds is 8. The molecular formula is C9H21NO3. The molecule has 0 aliphatic rings. The normalized spacial score (nSPS) is 15.7. The molecule has 4 heteroatoms. The van der Waals surface area contributed by atoms with Gasteiger partial charge >= 0.3 is 0 Å². The first kappa shape index (κ1) is 12.8. The molecule has 0 saturated carbocycles. The fraction of sp³-hybridized carbons (Fsp3) is 1.00. The summed E-state index contributed by atoms with van der Waals surface area (Å²) in [5.41, 5.74) is 0. The first-order valence-corrected chi connectivity index (χ1v) is 4.70. The highest BCUT2D eigenvalue weighted by atomic mass is 16.5. The van der Waals surface area contributed by atoms with E-state index in [9.17, 15) is 5.11 Å². The SMILES string of the molecule is CCNCC(O)COC(C)COC. The largest absolute Gasteiger partial charge is 0.389 e. The van der Waals surface area contributed by atoms with Gasteiger partial charge in [-0.15, -0.1) is 0 Å². The van der Waals surface area contributed by atoms with E-state index in [1.54, 1.807) is 7.11 Å². The van der Waals surface area contributed by atoms with Crippen molar-refractivity contribution in [1.29, 1.82) is 0 Å². The van der Waals surface area contributed by atoms with Crippen LogP contribution in [0.3, 0.4) is 0 Å². The minimum atomic E-state index is -0.431. The van der Waals surface area contributed by atoms with Crippen LogP contribution in [0, 0.1) is 0 Å². The van der Waals surface area contributed by atoms with Crippen LogP contribution in [0.5, 0.6) is 0 Å². The fourth-order valence-corrected chi connectivity index (χ4v) is 0.928. The van der Waals surface area contributed by atoms with Gasteiger partial charge in [-0.25, -0.2) is 0 Å². The smallest absolute Gasteiger partial charge is 0.0897 e.